The standard InChI is InChI=1S/C16H19ClN2O2/c1-12-9-13(10-18-7-8-20-2)11-19-16(12)21-15-6-4-3-5-14(15)17/h3-6,9,11,18H,7-8,10H2,1-2H3. The van der Waals surface area contributed by atoms with Crippen molar-refractivity contribution >= 4 is 11.6 Å². The summed E-state index contributed by atoms with van der Waals surface area (Å²) in [4.78, 5) is 4.36. The third kappa shape index (κ3) is 4.70. The van der Waals surface area contributed by atoms with Gasteiger partial charge in [-0.3, -0.25) is 0 Å². The normalized spacial score (nSPS) is 10.6. The molecule has 1 aromatic carbocycles. The average Bonchev–Trinajstić information content (AvgIpc) is 2.48. The van der Waals surface area contributed by atoms with E-state index in [9.17, 15) is 0 Å². The number of aromatic nitrogens is 1. The van der Waals surface area contributed by atoms with Crippen molar-refractivity contribution in [1.82, 2.24) is 10.3 Å². The van der Waals surface area contributed by atoms with Gasteiger partial charge in [0, 0.05) is 32.0 Å². The lowest BCUT2D eigenvalue weighted by molar-refractivity contribution is 0.199. The van der Waals surface area contributed by atoms with Crippen molar-refractivity contribution in [2.75, 3.05) is 20.3 Å². The Morgan fingerprint density at radius 3 is 2.81 bits per heavy atom. The summed E-state index contributed by atoms with van der Waals surface area (Å²) in [7, 11) is 1.69. The minimum absolute atomic E-state index is 0.573. The van der Waals surface area contributed by atoms with E-state index >= 15 is 0 Å². The van der Waals surface area contributed by atoms with Gasteiger partial charge in [-0.15, -0.1) is 0 Å². The molecule has 0 aliphatic carbocycles. The van der Waals surface area contributed by atoms with Crippen LogP contribution in [-0.2, 0) is 11.3 Å². The number of halogens is 1. The Bertz CT molecular complexity index is 590. The number of nitrogens with zero attached hydrogens (tertiary/aromatic N) is 1. The van der Waals surface area contributed by atoms with Crippen LogP contribution in [0.1, 0.15) is 11.1 Å². The maximum absolute atomic E-state index is 6.08. The van der Waals surface area contributed by atoms with Crippen molar-refractivity contribution < 1.29 is 9.47 Å². The number of rotatable bonds is 7. The molecule has 21 heavy (non-hydrogen) atoms. The van der Waals surface area contributed by atoms with Crippen molar-refractivity contribution in [3.63, 3.8) is 0 Å². The van der Waals surface area contributed by atoms with Gasteiger partial charge in [0.25, 0.3) is 0 Å². The van der Waals surface area contributed by atoms with Crippen molar-refractivity contribution in [2.45, 2.75) is 13.5 Å². The van der Waals surface area contributed by atoms with E-state index in [0.29, 0.717) is 23.3 Å². The summed E-state index contributed by atoms with van der Waals surface area (Å²) < 4.78 is 10.7. The van der Waals surface area contributed by atoms with E-state index in [0.717, 1.165) is 24.2 Å². The van der Waals surface area contributed by atoms with Gasteiger partial charge in [0.15, 0.2) is 0 Å². The number of pyridine rings is 1. The number of hydrogen-bond acceptors (Lipinski definition) is 4. The zero-order valence-corrected chi connectivity index (χ0v) is 13.0. The number of para-hydroxylation sites is 1. The molecule has 1 heterocycles. The minimum atomic E-state index is 0.573. The van der Waals surface area contributed by atoms with Crippen LogP contribution >= 0.6 is 11.6 Å². The topological polar surface area (TPSA) is 43.4 Å². The molecule has 0 aliphatic heterocycles. The number of ether oxygens (including phenoxy) is 2. The van der Waals surface area contributed by atoms with Crippen LogP contribution < -0.4 is 10.1 Å². The zero-order valence-electron chi connectivity index (χ0n) is 12.2. The van der Waals surface area contributed by atoms with Crippen LogP contribution in [0.4, 0.5) is 0 Å². The summed E-state index contributed by atoms with van der Waals surface area (Å²) in [6.45, 7) is 4.23. The highest BCUT2D eigenvalue weighted by atomic mass is 35.5. The van der Waals surface area contributed by atoms with Crippen LogP contribution in [0.3, 0.4) is 0 Å². The Kier molecular flexibility index (Phi) is 5.99. The molecule has 0 bridgehead atoms. The van der Waals surface area contributed by atoms with E-state index in [1.54, 1.807) is 19.4 Å². The lowest BCUT2D eigenvalue weighted by atomic mass is 10.2. The van der Waals surface area contributed by atoms with Crippen LogP contribution in [0.15, 0.2) is 36.5 Å². The highest BCUT2D eigenvalue weighted by Gasteiger charge is 2.07. The Hall–Kier alpha value is -1.62. The van der Waals surface area contributed by atoms with Gasteiger partial charge in [-0.2, -0.15) is 0 Å². The van der Waals surface area contributed by atoms with Crippen molar-refractivity contribution in [3.05, 3.63) is 52.7 Å². The van der Waals surface area contributed by atoms with E-state index in [-0.39, 0.29) is 0 Å². The lowest BCUT2D eigenvalue weighted by Crippen LogP contribution is -2.18. The summed E-state index contributed by atoms with van der Waals surface area (Å²) >= 11 is 6.08. The number of methoxy groups -OCH3 is 1. The average molecular weight is 307 g/mol. The van der Waals surface area contributed by atoms with Gasteiger partial charge in [-0.05, 0) is 30.7 Å². The molecule has 112 valence electrons. The van der Waals surface area contributed by atoms with Crippen LogP contribution in [0.25, 0.3) is 0 Å². The molecular formula is C16H19ClN2O2. The molecule has 1 N–H and O–H groups in total. The zero-order chi connectivity index (χ0) is 15.1. The Morgan fingerprint density at radius 1 is 1.29 bits per heavy atom. The number of nitrogens with one attached hydrogen (secondary N) is 1. The monoisotopic (exact) mass is 306 g/mol. The second-order valence-corrected chi connectivity index (χ2v) is 5.07. The fourth-order valence-electron chi connectivity index (χ4n) is 1.86. The summed E-state index contributed by atoms with van der Waals surface area (Å²) in [6.07, 6.45) is 1.80. The van der Waals surface area contributed by atoms with Gasteiger partial charge in [0.1, 0.15) is 5.75 Å². The first-order valence-corrected chi connectivity index (χ1v) is 7.16. The van der Waals surface area contributed by atoms with Gasteiger partial charge in [-0.1, -0.05) is 23.7 Å². The third-order valence-electron chi connectivity index (χ3n) is 2.94. The predicted molar refractivity (Wildman–Crippen MR) is 84.1 cm³/mol. The predicted octanol–water partition coefficient (Wildman–Crippen LogP) is 3.57. The molecule has 2 rings (SSSR count). The molecular weight excluding hydrogens is 288 g/mol. The number of benzene rings is 1. The van der Waals surface area contributed by atoms with Gasteiger partial charge in [0.2, 0.25) is 5.88 Å². The minimum Gasteiger partial charge on any atom is -0.437 e. The SMILES string of the molecule is COCCNCc1cnc(Oc2ccccc2Cl)c(C)c1. The molecule has 0 saturated carbocycles. The molecule has 4 nitrogen and oxygen atoms in total. The van der Waals surface area contributed by atoms with Gasteiger partial charge >= 0.3 is 0 Å². The Balaban J connectivity index is 2.01. The second kappa shape index (κ2) is 7.98. The summed E-state index contributed by atoms with van der Waals surface area (Å²) in [5.74, 6) is 1.18. The van der Waals surface area contributed by atoms with E-state index in [1.165, 1.54) is 0 Å². The van der Waals surface area contributed by atoms with Gasteiger partial charge in [-0.25, -0.2) is 4.98 Å². The summed E-state index contributed by atoms with van der Waals surface area (Å²) in [5, 5.41) is 3.85. The summed E-state index contributed by atoms with van der Waals surface area (Å²) in [5.41, 5.74) is 2.08. The van der Waals surface area contributed by atoms with E-state index in [4.69, 9.17) is 21.1 Å². The van der Waals surface area contributed by atoms with E-state index < -0.39 is 0 Å². The second-order valence-electron chi connectivity index (χ2n) is 4.67. The molecule has 5 heteroatoms. The highest BCUT2D eigenvalue weighted by Crippen LogP contribution is 2.29. The first-order chi connectivity index (χ1) is 10.2. The summed E-state index contributed by atoms with van der Waals surface area (Å²) in [6, 6.07) is 9.41. The Labute approximate surface area is 130 Å². The molecule has 0 unspecified atom stereocenters. The molecule has 0 aliphatic rings. The van der Waals surface area contributed by atoms with Crippen LogP contribution in [0.5, 0.6) is 11.6 Å². The molecule has 0 fully saturated rings. The fourth-order valence-corrected chi connectivity index (χ4v) is 2.04. The first-order valence-electron chi connectivity index (χ1n) is 6.78. The largest absolute Gasteiger partial charge is 0.437 e. The first kappa shape index (κ1) is 15.8. The highest BCUT2D eigenvalue weighted by molar-refractivity contribution is 6.32. The molecule has 0 saturated heterocycles. The maximum Gasteiger partial charge on any atom is 0.222 e. The van der Waals surface area contributed by atoms with Crippen molar-refractivity contribution in [2.24, 2.45) is 0 Å². The molecule has 0 atom stereocenters. The molecule has 2 aromatic rings. The fraction of sp³-hybridized carbons (Fsp3) is 0.312. The molecule has 1 aromatic heterocycles. The van der Waals surface area contributed by atoms with E-state index in [1.807, 2.05) is 25.1 Å². The smallest absolute Gasteiger partial charge is 0.222 e. The Morgan fingerprint density at radius 2 is 2.10 bits per heavy atom. The van der Waals surface area contributed by atoms with Crippen LogP contribution in [0, 0.1) is 6.92 Å². The van der Waals surface area contributed by atoms with Gasteiger partial charge in [0.05, 0.1) is 11.6 Å². The van der Waals surface area contributed by atoms with Crippen LogP contribution in [0.2, 0.25) is 5.02 Å². The number of hydrogen-bond donors (Lipinski definition) is 1. The van der Waals surface area contributed by atoms with Crippen molar-refractivity contribution in [3.8, 4) is 11.6 Å². The third-order valence-corrected chi connectivity index (χ3v) is 3.25. The van der Waals surface area contributed by atoms with Crippen LogP contribution in [-0.4, -0.2) is 25.2 Å². The maximum atomic E-state index is 6.08. The molecule has 0 radical (unpaired) electrons. The van der Waals surface area contributed by atoms with Crippen molar-refractivity contribution in [1.29, 1.82) is 0 Å². The van der Waals surface area contributed by atoms with E-state index in [2.05, 4.69) is 16.4 Å². The van der Waals surface area contributed by atoms with Gasteiger partial charge < -0.3 is 14.8 Å². The lowest BCUT2D eigenvalue weighted by Gasteiger charge is -2.10. The molecule has 0 amide bonds. The quantitative estimate of drug-likeness (QED) is 0.794. The molecule has 0 spiro atoms. The number of aryl methyl sites for hydroxylation is 1.